The topological polar surface area (TPSA) is 46.5 Å². The third-order valence-corrected chi connectivity index (χ3v) is 5.48. The minimum atomic E-state index is -0.717. The highest BCUT2D eigenvalue weighted by molar-refractivity contribution is 5.75. The minimum Gasteiger partial charge on any atom is -0.461 e. The molecule has 3 fully saturated rings. The Morgan fingerprint density at radius 1 is 1.44 bits per heavy atom. The first kappa shape index (κ1) is 12.2. The molecule has 0 radical (unpaired) electrons. The lowest BCUT2D eigenvalue weighted by Gasteiger charge is -2.34. The van der Waals surface area contributed by atoms with Gasteiger partial charge in [-0.2, -0.15) is 0 Å². The van der Waals surface area contributed by atoms with Crippen LogP contribution in [0.5, 0.6) is 0 Å². The van der Waals surface area contributed by atoms with Crippen LogP contribution in [-0.4, -0.2) is 22.8 Å². The summed E-state index contributed by atoms with van der Waals surface area (Å²) in [6.07, 6.45) is 3.61. The summed E-state index contributed by atoms with van der Waals surface area (Å²) >= 11 is 0. The standard InChI is InChI=1S/C15H22O3/c1-8-4-5-11-9(2)14(16)18-13(11)12-10(8)6-7-15(12,3)17/h9-13,17H,1,4-7H2,2-3H3/t9-,10+,11+,12+,13+,15-/m1/s1. The van der Waals surface area contributed by atoms with Crippen molar-refractivity contribution in [3.8, 4) is 0 Å². The maximum absolute atomic E-state index is 11.8. The number of ether oxygens (including phenoxy) is 1. The van der Waals surface area contributed by atoms with Gasteiger partial charge in [0.2, 0.25) is 0 Å². The fourth-order valence-electron chi connectivity index (χ4n) is 4.35. The van der Waals surface area contributed by atoms with Crippen LogP contribution in [0.2, 0.25) is 0 Å². The zero-order chi connectivity index (χ0) is 13.1. The first-order chi connectivity index (χ1) is 8.42. The van der Waals surface area contributed by atoms with Crippen molar-refractivity contribution in [1.29, 1.82) is 0 Å². The van der Waals surface area contributed by atoms with Gasteiger partial charge in [0.05, 0.1) is 11.5 Å². The molecule has 3 heteroatoms. The molecule has 0 aromatic rings. The van der Waals surface area contributed by atoms with Gasteiger partial charge in [0.1, 0.15) is 6.10 Å². The van der Waals surface area contributed by atoms with E-state index in [1.54, 1.807) is 0 Å². The smallest absolute Gasteiger partial charge is 0.309 e. The first-order valence-electron chi connectivity index (χ1n) is 7.02. The Labute approximate surface area is 108 Å². The molecule has 2 saturated carbocycles. The van der Waals surface area contributed by atoms with Gasteiger partial charge in [-0.25, -0.2) is 0 Å². The third-order valence-electron chi connectivity index (χ3n) is 5.48. The molecule has 1 saturated heterocycles. The summed E-state index contributed by atoms with van der Waals surface area (Å²) in [5.74, 6) is 0.519. The van der Waals surface area contributed by atoms with E-state index in [1.165, 1.54) is 5.57 Å². The average molecular weight is 250 g/mol. The predicted molar refractivity (Wildman–Crippen MR) is 67.7 cm³/mol. The fourth-order valence-corrected chi connectivity index (χ4v) is 4.35. The first-order valence-corrected chi connectivity index (χ1v) is 7.02. The second-order valence-electron chi connectivity index (χ2n) is 6.58. The lowest BCUT2D eigenvalue weighted by atomic mass is 9.76. The van der Waals surface area contributed by atoms with Gasteiger partial charge in [0.25, 0.3) is 0 Å². The maximum atomic E-state index is 11.8. The van der Waals surface area contributed by atoms with Crippen molar-refractivity contribution >= 4 is 5.97 Å². The van der Waals surface area contributed by atoms with Gasteiger partial charge in [-0.1, -0.05) is 19.1 Å². The Morgan fingerprint density at radius 3 is 2.89 bits per heavy atom. The van der Waals surface area contributed by atoms with E-state index >= 15 is 0 Å². The van der Waals surface area contributed by atoms with Crippen molar-refractivity contribution in [2.75, 3.05) is 0 Å². The quantitative estimate of drug-likeness (QED) is 0.530. The molecule has 1 heterocycles. The van der Waals surface area contributed by atoms with Crippen LogP contribution < -0.4 is 0 Å². The van der Waals surface area contributed by atoms with Gasteiger partial charge in [0.15, 0.2) is 0 Å². The summed E-state index contributed by atoms with van der Waals surface area (Å²) < 4.78 is 5.62. The van der Waals surface area contributed by atoms with E-state index in [9.17, 15) is 9.90 Å². The fraction of sp³-hybridized carbons (Fsp3) is 0.800. The molecule has 0 aromatic heterocycles. The predicted octanol–water partition coefficient (Wildman–Crippen LogP) is 2.29. The van der Waals surface area contributed by atoms with Gasteiger partial charge in [-0.05, 0) is 38.5 Å². The number of hydrogen-bond donors (Lipinski definition) is 1. The molecule has 18 heavy (non-hydrogen) atoms. The van der Waals surface area contributed by atoms with Crippen molar-refractivity contribution in [2.24, 2.45) is 23.7 Å². The largest absolute Gasteiger partial charge is 0.461 e. The molecule has 3 aliphatic rings. The molecule has 6 atom stereocenters. The highest BCUT2D eigenvalue weighted by atomic mass is 16.6. The second kappa shape index (κ2) is 3.83. The maximum Gasteiger partial charge on any atom is 0.309 e. The number of allylic oxidation sites excluding steroid dienone is 1. The van der Waals surface area contributed by atoms with Gasteiger partial charge in [0, 0.05) is 11.8 Å². The Balaban J connectivity index is 1.99. The summed E-state index contributed by atoms with van der Waals surface area (Å²) in [6.45, 7) is 8.05. The van der Waals surface area contributed by atoms with Crippen LogP contribution in [0, 0.1) is 23.7 Å². The third kappa shape index (κ3) is 1.56. The molecule has 1 aliphatic heterocycles. The second-order valence-corrected chi connectivity index (χ2v) is 6.58. The number of fused-ring (bicyclic) bond motifs is 3. The molecule has 1 N–H and O–H groups in total. The average Bonchev–Trinajstić information content (AvgIpc) is 2.69. The van der Waals surface area contributed by atoms with Gasteiger partial charge in [-0.15, -0.1) is 0 Å². The number of rotatable bonds is 0. The Hall–Kier alpha value is -0.830. The lowest BCUT2D eigenvalue weighted by molar-refractivity contribution is -0.149. The van der Waals surface area contributed by atoms with E-state index in [4.69, 9.17) is 4.74 Å². The van der Waals surface area contributed by atoms with Gasteiger partial charge in [-0.3, -0.25) is 4.79 Å². The van der Waals surface area contributed by atoms with E-state index < -0.39 is 5.60 Å². The van der Waals surface area contributed by atoms with Crippen molar-refractivity contribution in [3.05, 3.63) is 12.2 Å². The molecule has 0 spiro atoms. The monoisotopic (exact) mass is 250 g/mol. The number of hydrogen-bond acceptors (Lipinski definition) is 3. The molecule has 0 amide bonds. The number of carbonyl (C=O) groups is 1. The summed E-state index contributed by atoms with van der Waals surface area (Å²) in [5.41, 5.74) is 0.529. The van der Waals surface area contributed by atoms with E-state index in [1.807, 2.05) is 13.8 Å². The van der Waals surface area contributed by atoms with Crippen LogP contribution in [0.4, 0.5) is 0 Å². The Kier molecular flexibility index (Phi) is 2.60. The highest BCUT2D eigenvalue weighted by Gasteiger charge is 2.57. The minimum absolute atomic E-state index is 0.0297. The van der Waals surface area contributed by atoms with Crippen LogP contribution in [0.3, 0.4) is 0 Å². The summed E-state index contributed by atoms with van der Waals surface area (Å²) in [5, 5.41) is 10.6. The van der Waals surface area contributed by atoms with E-state index in [0.717, 1.165) is 25.7 Å². The molecule has 3 nitrogen and oxygen atoms in total. The number of esters is 1. The van der Waals surface area contributed by atoms with Crippen LogP contribution in [0.1, 0.15) is 39.5 Å². The van der Waals surface area contributed by atoms with Crippen molar-refractivity contribution in [3.63, 3.8) is 0 Å². The Bertz CT molecular complexity index is 399. The highest BCUT2D eigenvalue weighted by Crippen LogP contribution is 2.54. The zero-order valence-electron chi connectivity index (χ0n) is 11.2. The lowest BCUT2D eigenvalue weighted by Crippen LogP contribution is -2.42. The SMILES string of the molecule is C=C1CC[C@@H]2[C@H](OC(=O)[C@@H]2C)[C@@H]2[C@H]1CC[C@@]2(C)O. The number of carbonyl (C=O) groups excluding carboxylic acids is 1. The summed E-state index contributed by atoms with van der Waals surface area (Å²) in [4.78, 5) is 11.8. The van der Waals surface area contributed by atoms with Crippen molar-refractivity contribution in [2.45, 2.75) is 51.2 Å². The molecule has 3 rings (SSSR count). The van der Waals surface area contributed by atoms with E-state index in [-0.39, 0.29) is 29.8 Å². The molecule has 0 aromatic carbocycles. The van der Waals surface area contributed by atoms with Crippen molar-refractivity contribution < 1.29 is 14.6 Å². The number of aliphatic hydroxyl groups is 1. The zero-order valence-corrected chi connectivity index (χ0v) is 11.2. The van der Waals surface area contributed by atoms with Gasteiger partial charge >= 0.3 is 5.97 Å². The van der Waals surface area contributed by atoms with Crippen molar-refractivity contribution in [1.82, 2.24) is 0 Å². The van der Waals surface area contributed by atoms with E-state index in [2.05, 4.69) is 6.58 Å². The summed E-state index contributed by atoms with van der Waals surface area (Å²) in [7, 11) is 0. The molecular formula is C15H22O3. The molecule has 100 valence electrons. The normalized spacial score (nSPS) is 51.6. The molecule has 0 unspecified atom stereocenters. The van der Waals surface area contributed by atoms with Gasteiger partial charge < -0.3 is 9.84 Å². The van der Waals surface area contributed by atoms with E-state index in [0.29, 0.717) is 5.92 Å². The summed E-state index contributed by atoms with van der Waals surface area (Å²) in [6, 6.07) is 0. The molecular weight excluding hydrogens is 228 g/mol. The molecule has 0 bridgehead atoms. The van der Waals surface area contributed by atoms with Crippen LogP contribution in [0.25, 0.3) is 0 Å². The van der Waals surface area contributed by atoms with Crippen LogP contribution >= 0.6 is 0 Å². The van der Waals surface area contributed by atoms with Crippen LogP contribution in [-0.2, 0) is 9.53 Å². The Morgan fingerprint density at radius 2 is 2.17 bits per heavy atom. The van der Waals surface area contributed by atoms with Crippen LogP contribution in [0.15, 0.2) is 12.2 Å². The molecule has 2 aliphatic carbocycles.